The molecular formula is C29H50O. The average Bonchev–Trinajstić information content (AvgIpc) is 3.06. The Hall–Kier alpha value is -0.300. The average molecular weight is 415 g/mol. The van der Waals surface area contributed by atoms with Crippen LogP contribution in [0.15, 0.2) is 12.2 Å². The van der Waals surface area contributed by atoms with Gasteiger partial charge in [-0.3, -0.25) is 0 Å². The largest absolute Gasteiger partial charge is 0.389 e. The van der Waals surface area contributed by atoms with Crippen molar-refractivity contribution in [1.29, 1.82) is 0 Å². The molecule has 3 saturated carbocycles. The predicted octanol–water partition coefficient (Wildman–Crippen LogP) is 7.88. The van der Waals surface area contributed by atoms with Crippen molar-refractivity contribution >= 4 is 0 Å². The molecule has 0 aromatic heterocycles. The van der Waals surface area contributed by atoms with E-state index in [2.05, 4.69) is 53.7 Å². The Morgan fingerprint density at radius 3 is 2.43 bits per heavy atom. The highest BCUT2D eigenvalue weighted by atomic mass is 16.3. The molecule has 0 spiro atoms. The van der Waals surface area contributed by atoms with Gasteiger partial charge in [0.15, 0.2) is 0 Å². The molecule has 10 atom stereocenters. The molecular weight excluding hydrogens is 364 g/mol. The zero-order chi connectivity index (χ0) is 21.7. The van der Waals surface area contributed by atoms with Gasteiger partial charge in [-0.15, -0.1) is 0 Å². The molecule has 172 valence electrons. The second kappa shape index (κ2) is 8.57. The first-order chi connectivity index (χ1) is 14.2. The number of hydrogen-bond donors (Lipinski definition) is 1. The Labute approximate surface area is 187 Å². The number of hydrogen-bond acceptors (Lipinski definition) is 1. The molecule has 30 heavy (non-hydrogen) atoms. The van der Waals surface area contributed by atoms with Crippen LogP contribution in [0.3, 0.4) is 0 Å². The fourth-order valence-electron chi connectivity index (χ4n) is 9.45. The molecule has 0 aromatic rings. The van der Waals surface area contributed by atoms with Gasteiger partial charge in [-0.05, 0) is 110 Å². The van der Waals surface area contributed by atoms with Crippen LogP contribution >= 0.6 is 0 Å². The molecule has 4 aliphatic rings. The first-order valence-corrected chi connectivity index (χ1v) is 13.6. The predicted molar refractivity (Wildman–Crippen MR) is 128 cm³/mol. The van der Waals surface area contributed by atoms with Crippen LogP contribution in [0.5, 0.6) is 0 Å². The van der Waals surface area contributed by atoms with E-state index in [4.69, 9.17) is 0 Å². The van der Waals surface area contributed by atoms with Crippen molar-refractivity contribution in [1.82, 2.24) is 0 Å². The van der Waals surface area contributed by atoms with Crippen molar-refractivity contribution in [3.63, 3.8) is 0 Å². The summed E-state index contributed by atoms with van der Waals surface area (Å²) in [6.45, 7) is 15.1. The van der Waals surface area contributed by atoms with E-state index in [1.807, 2.05) is 0 Å². The van der Waals surface area contributed by atoms with Gasteiger partial charge in [0.25, 0.3) is 0 Å². The van der Waals surface area contributed by atoms with Gasteiger partial charge in [0, 0.05) is 0 Å². The summed E-state index contributed by atoms with van der Waals surface area (Å²) in [4.78, 5) is 0. The van der Waals surface area contributed by atoms with Crippen LogP contribution in [-0.2, 0) is 0 Å². The van der Waals surface area contributed by atoms with Crippen LogP contribution in [0.25, 0.3) is 0 Å². The normalized spacial score (nSPS) is 47.5. The molecule has 1 unspecified atom stereocenters. The maximum Gasteiger partial charge on any atom is 0.0724 e. The van der Waals surface area contributed by atoms with E-state index in [1.54, 1.807) is 0 Å². The third-order valence-electron chi connectivity index (χ3n) is 11.4. The zero-order valence-electron chi connectivity index (χ0n) is 20.9. The minimum Gasteiger partial charge on any atom is -0.389 e. The van der Waals surface area contributed by atoms with Crippen LogP contribution in [-0.4, -0.2) is 11.2 Å². The molecule has 0 saturated heterocycles. The fourth-order valence-corrected chi connectivity index (χ4v) is 9.45. The van der Waals surface area contributed by atoms with E-state index >= 15 is 0 Å². The Balaban J connectivity index is 1.47. The molecule has 0 radical (unpaired) electrons. The maximum absolute atomic E-state index is 10.2. The molecule has 0 amide bonds. The first-order valence-electron chi connectivity index (χ1n) is 13.6. The molecule has 1 nitrogen and oxygen atoms in total. The number of aliphatic hydroxyl groups is 1. The van der Waals surface area contributed by atoms with Gasteiger partial charge in [0.2, 0.25) is 0 Å². The summed E-state index contributed by atoms with van der Waals surface area (Å²) in [6, 6.07) is 0. The van der Waals surface area contributed by atoms with Crippen molar-refractivity contribution in [3.8, 4) is 0 Å². The summed E-state index contributed by atoms with van der Waals surface area (Å²) >= 11 is 0. The highest BCUT2D eigenvalue weighted by Gasteiger charge is 2.59. The van der Waals surface area contributed by atoms with E-state index in [1.165, 1.54) is 57.8 Å². The summed E-state index contributed by atoms with van der Waals surface area (Å²) in [6.07, 6.45) is 18.3. The van der Waals surface area contributed by atoms with Gasteiger partial charge in [0.05, 0.1) is 6.10 Å². The summed E-state index contributed by atoms with van der Waals surface area (Å²) < 4.78 is 0. The van der Waals surface area contributed by atoms with E-state index in [9.17, 15) is 5.11 Å². The fraction of sp³-hybridized carbons (Fsp3) is 0.931. The Morgan fingerprint density at radius 2 is 1.73 bits per heavy atom. The van der Waals surface area contributed by atoms with Crippen LogP contribution in [0.2, 0.25) is 0 Å². The van der Waals surface area contributed by atoms with Crippen LogP contribution in [0, 0.1) is 58.2 Å². The Bertz CT molecular complexity index is 622. The van der Waals surface area contributed by atoms with E-state index in [0.29, 0.717) is 16.7 Å². The number of aliphatic hydroxyl groups excluding tert-OH is 1. The Kier molecular flexibility index (Phi) is 6.53. The lowest BCUT2D eigenvalue weighted by molar-refractivity contribution is -0.0909. The molecule has 3 fully saturated rings. The summed E-state index contributed by atoms with van der Waals surface area (Å²) in [5.41, 5.74) is 0.931. The van der Waals surface area contributed by atoms with Crippen LogP contribution in [0.1, 0.15) is 106 Å². The van der Waals surface area contributed by atoms with Crippen molar-refractivity contribution in [2.24, 2.45) is 58.2 Å². The molecule has 1 N–H and O–H groups in total. The molecule has 0 bridgehead atoms. The molecule has 4 aliphatic carbocycles. The molecule has 0 aliphatic heterocycles. The molecule has 4 rings (SSSR count). The van der Waals surface area contributed by atoms with Crippen molar-refractivity contribution < 1.29 is 5.11 Å². The number of fused-ring (bicyclic) bond motifs is 5. The summed E-state index contributed by atoms with van der Waals surface area (Å²) in [7, 11) is 0. The monoisotopic (exact) mass is 414 g/mol. The van der Waals surface area contributed by atoms with Gasteiger partial charge < -0.3 is 5.11 Å². The maximum atomic E-state index is 10.2. The quantitative estimate of drug-likeness (QED) is 0.438. The van der Waals surface area contributed by atoms with Gasteiger partial charge in [-0.1, -0.05) is 66.5 Å². The minimum atomic E-state index is -0.192. The van der Waals surface area contributed by atoms with E-state index in [0.717, 1.165) is 47.8 Å². The molecule has 0 aromatic carbocycles. The second-order valence-electron chi connectivity index (χ2n) is 12.9. The standard InChI is InChI=1S/C29H50O/c1-7-21(19(2)3)9-8-20(4)25-12-13-26-24-11-10-22-18-23(30)14-16-28(22,5)27(24)15-17-29(25,26)6/h14,16,19-27,30H,7-13,15,17-18H2,1-6H3/t20-,21?,22-,23+,24+,25-,26+,27+,28+,29-/m1/s1. The molecule has 0 heterocycles. The van der Waals surface area contributed by atoms with Crippen molar-refractivity contribution in [3.05, 3.63) is 12.2 Å². The van der Waals surface area contributed by atoms with Crippen LogP contribution in [0.4, 0.5) is 0 Å². The van der Waals surface area contributed by atoms with Gasteiger partial charge >= 0.3 is 0 Å². The number of allylic oxidation sites excluding steroid dienone is 1. The number of rotatable bonds is 6. The summed E-state index contributed by atoms with van der Waals surface area (Å²) in [5.74, 6) is 7.04. The lowest BCUT2D eigenvalue weighted by Crippen LogP contribution is -2.52. The smallest absolute Gasteiger partial charge is 0.0724 e. The van der Waals surface area contributed by atoms with E-state index < -0.39 is 0 Å². The van der Waals surface area contributed by atoms with Gasteiger partial charge in [-0.2, -0.15) is 0 Å². The first kappa shape index (κ1) is 22.9. The highest BCUT2D eigenvalue weighted by molar-refractivity contribution is 5.17. The molecule has 1 heteroatoms. The van der Waals surface area contributed by atoms with Gasteiger partial charge in [-0.25, -0.2) is 0 Å². The second-order valence-corrected chi connectivity index (χ2v) is 12.9. The van der Waals surface area contributed by atoms with Gasteiger partial charge in [0.1, 0.15) is 0 Å². The Morgan fingerprint density at radius 1 is 0.967 bits per heavy atom. The highest BCUT2D eigenvalue weighted by Crippen LogP contribution is 2.67. The van der Waals surface area contributed by atoms with Crippen LogP contribution < -0.4 is 0 Å². The third kappa shape index (κ3) is 3.74. The topological polar surface area (TPSA) is 20.2 Å². The zero-order valence-corrected chi connectivity index (χ0v) is 20.9. The van der Waals surface area contributed by atoms with Crippen molar-refractivity contribution in [2.75, 3.05) is 0 Å². The van der Waals surface area contributed by atoms with E-state index in [-0.39, 0.29) is 6.10 Å². The summed E-state index contributed by atoms with van der Waals surface area (Å²) in [5, 5.41) is 10.2. The van der Waals surface area contributed by atoms with Crippen molar-refractivity contribution in [2.45, 2.75) is 112 Å². The third-order valence-corrected chi connectivity index (χ3v) is 11.4. The lowest BCUT2D eigenvalue weighted by atomic mass is 9.45. The minimum absolute atomic E-state index is 0.192. The SMILES string of the molecule is CCC(CC[C@@H](C)[C@H]1CC[C@H]2[C@@H]3CC[C@@H]4C[C@@H](O)C=C[C@]4(C)[C@H]3CC[C@]12C)C(C)C. The lowest BCUT2D eigenvalue weighted by Gasteiger charge is -2.59.